The Balaban J connectivity index is 2.57. The van der Waals surface area contributed by atoms with E-state index in [1.165, 1.54) is 0 Å². The number of ether oxygens (including phenoxy) is 1. The number of benzene rings is 1. The molecule has 1 fully saturated rings. The minimum absolute atomic E-state index is 0.702. The van der Waals surface area contributed by atoms with Crippen LogP contribution in [0.15, 0.2) is 16.6 Å². The molecule has 92 valence electrons. The summed E-state index contributed by atoms with van der Waals surface area (Å²) < 4.78 is 6.11. The molecule has 0 amide bonds. The average Bonchev–Trinajstić information content (AvgIpc) is 2.21. The minimum atomic E-state index is -0.739. The summed E-state index contributed by atoms with van der Waals surface area (Å²) in [6.45, 7) is 1.95. The monoisotopic (exact) mass is 298 g/mol. The number of aryl methyl sites for hydroxylation is 1. The van der Waals surface area contributed by atoms with Gasteiger partial charge < -0.3 is 9.84 Å². The summed E-state index contributed by atoms with van der Waals surface area (Å²) in [6, 6.07) is 3.74. The summed E-state index contributed by atoms with van der Waals surface area (Å²) in [7, 11) is 1.60. The van der Waals surface area contributed by atoms with Crippen molar-refractivity contribution in [1.82, 2.24) is 0 Å². The van der Waals surface area contributed by atoms with E-state index in [-0.39, 0.29) is 0 Å². The summed E-state index contributed by atoms with van der Waals surface area (Å²) in [5.41, 5.74) is 1.12. The molecule has 3 nitrogen and oxygen atoms in total. The summed E-state index contributed by atoms with van der Waals surface area (Å²) in [4.78, 5) is 11.5. The Hall–Kier alpha value is -1.03. The normalized spacial score (nSPS) is 17.4. The molecule has 0 spiro atoms. The second kappa shape index (κ2) is 4.33. The topological polar surface area (TPSA) is 46.5 Å². The lowest BCUT2D eigenvalue weighted by Gasteiger charge is -2.39. The Morgan fingerprint density at radius 2 is 2.12 bits per heavy atom. The van der Waals surface area contributed by atoms with Gasteiger partial charge in [-0.05, 0) is 43.0 Å². The molecule has 0 bridgehead atoms. The molecular weight excluding hydrogens is 284 g/mol. The number of carboxylic acids is 1. The molecule has 1 saturated carbocycles. The van der Waals surface area contributed by atoms with E-state index in [1.807, 2.05) is 19.1 Å². The Labute approximate surface area is 109 Å². The van der Waals surface area contributed by atoms with Gasteiger partial charge in [0.15, 0.2) is 0 Å². The molecule has 1 aliphatic rings. The van der Waals surface area contributed by atoms with E-state index in [0.717, 1.165) is 22.0 Å². The smallest absolute Gasteiger partial charge is 0.314 e. The van der Waals surface area contributed by atoms with Gasteiger partial charge in [0.25, 0.3) is 0 Å². The van der Waals surface area contributed by atoms with Crippen LogP contribution in [0.3, 0.4) is 0 Å². The lowest BCUT2D eigenvalue weighted by molar-refractivity contribution is -0.147. The third-order valence-electron chi connectivity index (χ3n) is 3.60. The van der Waals surface area contributed by atoms with Crippen LogP contribution < -0.4 is 4.74 Å². The molecule has 2 rings (SSSR count). The predicted octanol–water partition coefficient (Wildman–Crippen LogP) is 3.27. The molecule has 0 heterocycles. The maximum absolute atomic E-state index is 11.5. The van der Waals surface area contributed by atoms with E-state index in [4.69, 9.17) is 4.74 Å². The van der Waals surface area contributed by atoms with E-state index >= 15 is 0 Å². The van der Waals surface area contributed by atoms with Crippen LogP contribution in [0, 0.1) is 6.92 Å². The van der Waals surface area contributed by atoms with Gasteiger partial charge in [0.05, 0.1) is 12.5 Å². The van der Waals surface area contributed by atoms with Gasteiger partial charge in [0.2, 0.25) is 0 Å². The summed E-state index contributed by atoms with van der Waals surface area (Å²) >= 11 is 3.50. The van der Waals surface area contributed by atoms with Crippen LogP contribution in [-0.4, -0.2) is 18.2 Å². The van der Waals surface area contributed by atoms with E-state index in [1.54, 1.807) is 7.11 Å². The standard InChI is InChI=1S/C13H15BrO3/c1-8-6-9(17-2)7-10(11(8)14)13(12(15)16)4-3-5-13/h6-7H,3-5H2,1-2H3,(H,15,16). The Morgan fingerprint density at radius 3 is 2.53 bits per heavy atom. The molecule has 1 aliphatic carbocycles. The second-order valence-electron chi connectivity index (χ2n) is 4.55. The number of hydrogen-bond donors (Lipinski definition) is 1. The van der Waals surface area contributed by atoms with Crippen molar-refractivity contribution in [3.63, 3.8) is 0 Å². The van der Waals surface area contributed by atoms with Gasteiger partial charge in [-0.2, -0.15) is 0 Å². The van der Waals surface area contributed by atoms with Gasteiger partial charge in [0, 0.05) is 4.47 Å². The number of methoxy groups -OCH3 is 1. The van der Waals surface area contributed by atoms with Gasteiger partial charge in [-0.1, -0.05) is 22.4 Å². The van der Waals surface area contributed by atoms with Crippen LogP contribution in [0.1, 0.15) is 30.4 Å². The highest BCUT2D eigenvalue weighted by molar-refractivity contribution is 9.10. The predicted molar refractivity (Wildman–Crippen MR) is 68.6 cm³/mol. The fraction of sp³-hybridized carbons (Fsp3) is 0.462. The van der Waals surface area contributed by atoms with E-state index in [9.17, 15) is 9.90 Å². The molecular formula is C13H15BrO3. The first-order chi connectivity index (χ1) is 8.01. The number of rotatable bonds is 3. The number of aliphatic carboxylic acids is 1. The average molecular weight is 299 g/mol. The number of halogens is 1. The zero-order valence-electron chi connectivity index (χ0n) is 9.92. The molecule has 0 aromatic heterocycles. The van der Waals surface area contributed by atoms with E-state index < -0.39 is 11.4 Å². The van der Waals surface area contributed by atoms with Gasteiger partial charge in [-0.15, -0.1) is 0 Å². The van der Waals surface area contributed by atoms with Crippen molar-refractivity contribution in [1.29, 1.82) is 0 Å². The first kappa shape index (κ1) is 12.4. The van der Waals surface area contributed by atoms with Gasteiger partial charge in [-0.25, -0.2) is 0 Å². The Morgan fingerprint density at radius 1 is 1.47 bits per heavy atom. The number of carbonyl (C=O) groups is 1. The van der Waals surface area contributed by atoms with Crippen molar-refractivity contribution in [3.05, 3.63) is 27.7 Å². The largest absolute Gasteiger partial charge is 0.497 e. The molecule has 0 saturated heterocycles. The summed E-state index contributed by atoms with van der Waals surface area (Å²) in [5.74, 6) is -0.0228. The fourth-order valence-corrected chi connectivity index (χ4v) is 2.94. The van der Waals surface area contributed by atoms with Crippen molar-refractivity contribution in [2.24, 2.45) is 0 Å². The number of hydrogen-bond acceptors (Lipinski definition) is 2. The first-order valence-electron chi connectivity index (χ1n) is 5.59. The minimum Gasteiger partial charge on any atom is -0.497 e. The Kier molecular flexibility index (Phi) is 3.17. The highest BCUT2D eigenvalue weighted by Crippen LogP contribution is 2.48. The van der Waals surface area contributed by atoms with Crippen molar-refractivity contribution in [2.75, 3.05) is 7.11 Å². The van der Waals surface area contributed by atoms with Crippen LogP contribution >= 0.6 is 15.9 Å². The van der Waals surface area contributed by atoms with Crippen LogP contribution in [0.2, 0.25) is 0 Å². The highest BCUT2D eigenvalue weighted by atomic mass is 79.9. The zero-order chi connectivity index (χ0) is 12.6. The van der Waals surface area contributed by atoms with Crippen LogP contribution in [0.25, 0.3) is 0 Å². The molecule has 1 N–H and O–H groups in total. The molecule has 0 aliphatic heterocycles. The van der Waals surface area contributed by atoms with Crippen molar-refractivity contribution in [3.8, 4) is 5.75 Å². The molecule has 0 atom stereocenters. The maximum Gasteiger partial charge on any atom is 0.314 e. The second-order valence-corrected chi connectivity index (χ2v) is 5.34. The van der Waals surface area contributed by atoms with E-state index in [0.29, 0.717) is 18.6 Å². The van der Waals surface area contributed by atoms with Crippen molar-refractivity contribution < 1.29 is 14.6 Å². The summed E-state index contributed by atoms with van der Waals surface area (Å²) in [5, 5.41) is 9.45. The van der Waals surface area contributed by atoms with Crippen LogP contribution in [0.4, 0.5) is 0 Å². The quantitative estimate of drug-likeness (QED) is 0.931. The lowest BCUT2D eigenvalue weighted by Crippen LogP contribution is -2.42. The molecule has 1 aromatic carbocycles. The van der Waals surface area contributed by atoms with Crippen molar-refractivity contribution in [2.45, 2.75) is 31.6 Å². The van der Waals surface area contributed by atoms with Crippen LogP contribution in [-0.2, 0) is 10.2 Å². The van der Waals surface area contributed by atoms with Gasteiger partial charge in [0.1, 0.15) is 5.75 Å². The third kappa shape index (κ3) is 1.84. The maximum atomic E-state index is 11.5. The van der Waals surface area contributed by atoms with E-state index in [2.05, 4.69) is 15.9 Å². The lowest BCUT2D eigenvalue weighted by atomic mass is 9.64. The molecule has 17 heavy (non-hydrogen) atoms. The van der Waals surface area contributed by atoms with Gasteiger partial charge >= 0.3 is 5.97 Å². The first-order valence-corrected chi connectivity index (χ1v) is 6.38. The fourth-order valence-electron chi connectivity index (χ4n) is 2.33. The van der Waals surface area contributed by atoms with Gasteiger partial charge in [-0.3, -0.25) is 4.79 Å². The van der Waals surface area contributed by atoms with Crippen LogP contribution in [0.5, 0.6) is 5.75 Å². The molecule has 0 radical (unpaired) electrons. The SMILES string of the molecule is COc1cc(C)c(Br)c(C2(C(=O)O)CCC2)c1. The summed E-state index contributed by atoms with van der Waals surface area (Å²) in [6.07, 6.45) is 2.37. The third-order valence-corrected chi connectivity index (χ3v) is 4.65. The molecule has 1 aromatic rings. The zero-order valence-corrected chi connectivity index (χ0v) is 11.5. The Bertz CT molecular complexity index is 464. The molecule has 0 unspecified atom stereocenters. The highest BCUT2D eigenvalue weighted by Gasteiger charge is 2.47. The molecule has 4 heteroatoms. The van der Waals surface area contributed by atoms with Crippen molar-refractivity contribution >= 4 is 21.9 Å². The number of carboxylic acid groups (broad SMARTS) is 1.